The van der Waals surface area contributed by atoms with Gasteiger partial charge in [-0.1, -0.05) is 36.4 Å². The van der Waals surface area contributed by atoms with Gasteiger partial charge in [-0.2, -0.15) is 0 Å². The molecule has 0 bridgehead atoms. The predicted molar refractivity (Wildman–Crippen MR) is 127 cm³/mol. The largest absolute Gasteiger partial charge is 0.481 e. The molecule has 1 aliphatic heterocycles. The maximum Gasteiger partial charge on any atom is 0.303 e. The number of carboxylic acid groups (broad SMARTS) is 1. The summed E-state index contributed by atoms with van der Waals surface area (Å²) in [5, 5.41) is 19.4. The van der Waals surface area contributed by atoms with Crippen molar-refractivity contribution in [3.05, 3.63) is 70.5 Å². The highest BCUT2D eigenvalue weighted by molar-refractivity contribution is 5.66. The van der Waals surface area contributed by atoms with Crippen molar-refractivity contribution in [2.75, 3.05) is 19.7 Å². The molecule has 0 aromatic heterocycles. The van der Waals surface area contributed by atoms with Crippen LogP contribution >= 0.6 is 0 Å². The number of rotatable bonds is 13. The Morgan fingerprint density at radius 1 is 1.24 bits per heavy atom. The number of ether oxygens (including phenoxy) is 1. The van der Waals surface area contributed by atoms with Gasteiger partial charge < -0.3 is 14.9 Å². The third-order valence-corrected chi connectivity index (χ3v) is 6.54. The number of hydrogen-bond donors (Lipinski definition) is 2. The number of aliphatic carboxylic acids is 1. The second kappa shape index (κ2) is 12.3. The minimum atomic E-state index is -0.760. The number of nitrogens with zero attached hydrogens (tertiary/aromatic N) is 1. The molecule has 180 valence electrons. The summed E-state index contributed by atoms with van der Waals surface area (Å²) in [6, 6.07) is 13.8. The number of hydrogen-bond acceptors (Lipinski definition) is 4. The second-order valence-corrected chi connectivity index (χ2v) is 9.15. The molecule has 3 rings (SSSR count). The molecule has 2 N–H and O–H groups in total. The molecule has 1 saturated heterocycles. The Hall–Kier alpha value is -2.28. The summed E-state index contributed by atoms with van der Waals surface area (Å²) < 4.78 is 19.8. The molecular weight excluding hydrogens is 421 g/mol. The molecule has 1 fully saturated rings. The lowest BCUT2D eigenvalue weighted by molar-refractivity contribution is -0.137. The molecule has 3 atom stereocenters. The van der Waals surface area contributed by atoms with E-state index in [1.165, 1.54) is 0 Å². The Balaban J connectivity index is 1.44. The molecule has 0 aliphatic carbocycles. The summed E-state index contributed by atoms with van der Waals surface area (Å²) in [6.07, 6.45) is 3.58. The zero-order chi connectivity index (χ0) is 23.8. The van der Waals surface area contributed by atoms with Gasteiger partial charge in [0.15, 0.2) is 0 Å². The van der Waals surface area contributed by atoms with Crippen molar-refractivity contribution in [3.8, 4) is 0 Å². The van der Waals surface area contributed by atoms with Crippen LogP contribution in [0.25, 0.3) is 0 Å². The van der Waals surface area contributed by atoms with Gasteiger partial charge in [0.25, 0.3) is 0 Å². The van der Waals surface area contributed by atoms with Gasteiger partial charge in [0, 0.05) is 25.6 Å². The number of likely N-dealkylation sites (tertiary alicyclic amines) is 1. The van der Waals surface area contributed by atoms with E-state index in [9.17, 15) is 14.3 Å². The van der Waals surface area contributed by atoms with Gasteiger partial charge in [-0.05, 0) is 74.3 Å². The van der Waals surface area contributed by atoms with Gasteiger partial charge in [0.05, 0.1) is 18.8 Å². The molecule has 1 heterocycles. The summed E-state index contributed by atoms with van der Waals surface area (Å²) in [5.74, 6) is -0.924. The van der Waals surface area contributed by atoms with Crippen LogP contribution in [0.1, 0.15) is 61.0 Å². The van der Waals surface area contributed by atoms with Crippen LogP contribution in [0.5, 0.6) is 0 Å². The van der Waals surface area contributed by atoms with Crippen LogP contribution in [-0.4, -0.2) is 52.9 Å². The highest BCUT2D eigenvalue weighted by atomic mass is 19.1. The summed E-state index contributed by atoms with van der Waals surface area (Å²) in [7, 11) is 0. The van der Waals surface area contributed by atoms with Crippen molar-refractivity contribution in [2.45, 2.75) is 70.6 Å². The zero-order valence-electron chi connectivity index (χ0n) is 19.7. The van der Waals surface area contributed by atoms with Gasteiger partial charge in [-0.3, -0.25) is 9.69 Å². The van der Waals surface area contributed by atoms with E-state index >= 15 is 0 Å². The monoisotopic (exact) mass is 457 g/mol. The van der Waals surface area contributed by atoms with E-state index in [0.717, 1.165) is 48.9 Å². The van der Waals surface area contributed by atoms with Gasteiger partial charge in [-0.15, -0.1) is 0 Å². The molecular formula is C27H36FNO4. The summed E-state index contributed by atoms with van der Waals surface area (Å²) in [5.41, 5.74) is 3.90. The van der Waals surface area contributed by atoms with Crippen LogP contribution in [0, 0.1) is 12.7 Å². The first-order valence-corrected chi connectivity index (χ1v) is 11.9. The molecule has 2 aromatic rings. The predicted octanol–water partition coefficient (Wildman–Crippen LogP) is 4.69. The SMILES string of the molecule is Cc1ccc(C[C@@H]2CCN2C[C@H](O)CO[C@H](C)c2ccccc2CCCCC(=O)O)cc1F. The summed E-state index contributed by atoms with van der Waals surface area (Å²) in [4.78, 5) is 13.0. The quantitative estimate of drug-likeness (QED) is 0.427. The minimum absolute atomic E-state index is 0.155. The van der Waals surface area contributed by atoms with Crippen LogP contribution in [0.3, 0.4) is 0 Å². The van der Waals surface area contributed by atoms with Crippen molar-refractivity contribution in [2.24, 2.45) is 0 Å². The number of β-amino-alcohol motifs (C(OH)–C–C–N with tert-alkyl or cyclic N) is 1. The zero-order valence-corrected chi connectivity index (χ0v) is 19.7. The van der Waals surface area contributed by atoms with E-state index < -0.39 is 12.1 Å². The lowest BCUT2D eigenvalue weighted by Gasteiger charge is -2.42. The number of aliphatic hydroxyl groups excluding tert-OH is 1. The third-order valence-electron chi connectivity index (χ3n) is 6.54. The topological polar surface area (TPSA) is 70.0 Å². The van der Waals surface area contributed by atoms with Crippen molar-refractivity contribution in [1.29, 1.82) is 0 Å². The first-order valence-electron chi connectivity index (χ1n) is 11.9. The first kappa shape index (κ1) is 25.3. The fourth-order valence-electron chi connectivity index (χ4n) is 4.42. The fourth-order valence-corrected chi connectivity index (χ4v) is 4.42. The Morgan fingerprint density at radius 2 is 2.03 bits per heavy atom. The van der Waals surface area contributed by atoms with E-state index in [4.69, 9.17) is 9.84 Å². The number of carbonyl (C=O) groups is 1. The van der Waals surface area contributed by atoms with E-state index in [1.54, 1.807) is 13.0 Å². The first-order chi connectivity index (χ1) is 15.8. The van der Waals surface area contributed by atoms with Crippen molar-refractivity contribution < 1.29 is 24.1 Å². The van der Waals surface area contributed by atoms with Crippen molar-refractivity contribution in [3.63, 3.8) is 0 Å². The molecule has 33 heavy (non-hydrogen) atoms. The highest BCUT2D eigenvalue weighted by Crippen LogP contribution is 2.25. The normalized spacial score (nSPS) is 18.0. The molecule has 0 radical (unpaired) electrons. The van der Waals surface area contributed by atoms with E-state index in [-0.39, 0.29) is 24.9 Å². The number of aliphatic hydroxyl groups is 1. The summed E-state index contributed by atoms with van der Waals surface area (Å²) >= 11 is 0. The molecule has 0 saturated carbocycles. The van der Waals surface area contributed by atoms with Crippen LogP contribution in [0.2, 0.25) is 0 Å². The number of carboxylic acids is 1. The minimum Gasteiger partial charge on any atom is -0.481 e. The van der Waals surface area contributed by atoms with Crippen LogP contribution < -0.4 is 0 Å². The molecule has 0 unspecified atom stereocenters. The second-order valence-electron chi connectivity index (χ2n) is 9.15. The maximum absolute atomic E-state index is 13.8. The highest BCUT2D eigenvalue weighted by Gasteiger charge is 2.29. The summed E-state index contributed by atoms with van der Waals surface area (Å²) in [6.45, 7) is 5.48. The average molecular weight is 458 g/mol. The molecule has 5 nitrogen and oxygen atoms in total. The van der Waals surface area contributed by atoms with Gasteiger partial charge in [0.1, 0.15) is 5.82 Å². The average Bonchev–Trinajstić information content (AvgIpc) is 2.78. The lowest BCUT2D eigenvalue weighted by atomic mass is 9.94. The maximum atomic E-state index is 13.8. The number of halogens is 1. The van der Waals surface area contributed by atoms with Crippen LogP contribution in [-0.2, 0) is 22.4 Å². The smallest absolute Gasteiger partial charge is 0.303 e. The van der Waals surface area contributed by atoms with E-state index in [2.05, 4.69) is 11.0 Å². The Morgan fingerprint density at radius 3 is 2.73 bits per heavy atom. The standard InChI is InChI=1S/C27H36FNO4/c1-19-11-12-21(16-26(19)28)15-23-13-14-29(23)17-24(30)18-33-20(2)25-9-5-3-7-22(25)8-4-6-10-27(31)32/h3,5,7,9,11-12,16,20,23-24,30H,4,6,8,10,13-15,17-18H2,1-2H3,(H,31,32)/t20-,23+,24+/m1/s1. The Kier molecular flexibility index (Phi) is 9.41. The Labute approximate surface area is 196 Å². The number of unbranched alkanes of at least 4 members (excludes halogenated alkanes) is 1. The van der Waals surface area contributed by atoms with Crippen LogP contribution in [0.4, 0.5) is 4.39 Å². The molecule has 2 aromatic carbocycles. The molecule has 0 amide bonds. The van der Waals surface area contributed by atoms with Crippen LogP contribution in [0.15, 0.2) is 42.5 Å². The van der Waals surface area contributed by atoms with E-state index in [0.29, 0.717) is 24.6 Å². The lowest BCUT2D eigenvalue weighted by Crippen LogP contribution is -2.52. The fraction of sp³-hybridized carbons (Fsp3) is 0.519. The van der Waals surface area contributed by atoms with Gasteiger partial charge >= 0.3 is 5.97 Å². The number of aryl methyl sites for hydroxylation is 2. The van der Waals surface area contributed by atoms with Gasteiger partial charge in [-0.25, -0.2) is 4.39 Å². The van der Waals surface area contributed by atoms with E-state index in [1.807, 2.05) is 37.3 Å². The Bertz CT molecular complexity index is 919. The van der Waals surface area contributed by atoms with Crippen molar-refractivity contribution in [1.82, 2.24) is 4.90 Å². The molecule has 0 spiro atoms. The van der Waals surface area contributed by atoms with Gasteiger partial charge in [0.2, 0.25) is 0 Å². The molecule has 6 heteroatoms. The third kappa shape index (κ3) is 7.63. The van der Waals surface area contributed by atoms with Crippen molar-refractivity contribution >= 4 is 5.97 Å². The number of benzene rings is 2. The molecule has 1 aliphatic rings.